The average Bonchev–Trinajstić information content (AvgIpc) is 2.08. The molecule has 1 fully saturated rings. The van der Waals surface area contributed by atoms with E-state index < -0.39 is 30.7 Å². The molecule has 0 saturated carbocycles. The Morgan fingerprint density at radius 1 is 1.00 bits per heavy atom. The molecular formula is C6H11BrO5. The molecule has 0 aromatic carbocycles. The van der Waals surface area contributed by atoms with Crippen LogP contribution < -0.4 is 0 Å². The van der Waals surface area contributed by atoms with Crippen molar-refractivity contribution in [2.24, 2.45) is 0 Å². The van der Waals surface area contributed by atoms with Gasteiger partial charge in [-0.05, 0) is 0 Å². The molecule has 0 aromatic rings. The fourth-order valence-electron chi connectivity index (χ4n) is 1.06. The van der Waals surface area contributed by atoms with Gasteiger partial charge in [-0.2, -0.15) is 0 Å². The lowest BCUT2D eigenvalue weighted by atomic mass is 10.0. The molecule has 1 aliphatic heterocycles. The van der Waals surface area contributed by atoms with Gasteiger partial charge in [0, 0.05) is 5.33 Å². The predicted molar refractivity (Wildman–Crippen MR) is 42.7 cm³/mol. The predicted octanol–water partition coefficient (Wildman–Crippen LogP) is -1.82. The summed E-state index contributed by atoms with van der Waals surface area (Å²) in [6.07, 6.45) is -6.13. The maximum Gasteiger partial charge on any atom is 0.183 e. The molecule has 5 nitrogen and oxygen atoms in total. The number of alkyl halides is 1. The highest BCUT2D eigenvalue weighted by atomic mass is 79.9. The summed E-state index contributed by atoms with van der Waals surface area (Å²) in [6, 6.07) is 0. The van der Waals surface area contributed by atoms with Crippen LogP contribution in [0.25, 0.3) is 0 Å². The smallest absolute Gasteiger partial charge is 0.183 e. The summed E-state index contributed by atoms with van der Waals surface area (Å²) < 4.78 is 4.78. The highest BCUT2D eigenvalue weighted by molar-refractivity contribution is 9.09. The molecule has 0 amide bonds. The van der Waals surface area contributed by atoms with Crippen LogP contribution in [0, 0.1) is 0 Å². The van der Waals surface area contributed by atoms with Crippen molar-refractivity contribution in [3.05, 3.63) is 0 Å². The first-order chi connectivity index (χ1) is 5.57. The molecule has 0 spiro atoms. The van der Waals surface area contributed by atoms with E-state index in [4.69, 9.17) is 20.1 Å². The molecule has 0 bridgehead atoms. The van der Waals surface area contributed by atoms with Gasteiger partial charge in [-0.3, -0.25) is 0 Å². The molecule has 12 heavy (non-hydrogen) atoms. The molecule has 6 heteroatoms. The Morgan fingerprint density at radius 2 is 1.58 bits per heavy atom. The molecule has 1 rings (SSSR count). The fourth-order valence-corrected chi connectivity index (χ4v) is 1.59. The van der Waals surface area contributed by atoms with E-state index >= 15 is 0 Å². The first-order valence-electron chi connectivity index (χ1n) is 3.51. The monoisotopic (exact) mass is 242 g/mol. The molecular weight excluding hydrogens is 232 g/mol. The second-order valence-corrected chi connectivity index (χ2v) is 3.34. The van der Waals surface area contributed by atoms with E-state index in [0.717, 1.165) is 0 Å². The summed E-state index contributed by atoms with van der Waals surface area (Å²) in [5, 5.41) is 36.7. The molecule has 0 radical (unpaired) electrons. The van der Waals surface area contributed by atoms with E-state index in [1.54, 1.807) is 0 Å². The number of aliphatic hydroxyl groups is 4. The van der Waals surface area contributed by atoms with Crippen LogP contribution in [0.2, 0.25) is 0 Å². The molecule has 4 N–H and O–H groups in total. The summed E-state index contributed by atoms with van der Waals surface area (Å²) in [6.45, 7) is 0. The van der Waals surface area contributed by atoms with Gasteiger partial charge in [0.05, 0.1) is 6.10 Å². The number of hydrogen-bond acceptors (Lipinski definition) is 5. The summed E-state index contributed by atoms with van der Waals surface area (Å²) >= 11 is 3.04. The minimum absolute atomic E-state index is 0.287. The van der Waals surface area contributed by atoms with Gasteiger partial charge in [0.15, 0.2) is 6.29 Å². The Kier molecular flexibility index (Phi) is 3.45. The highest BCUT2D eigenvalue weighted by Crippen LogP contribution is 2.20. The SMILES string of the molecule is OC1O[C@@H](CBr)[C@@H](O)[C@@H](O)[C@@H]1O. The molecule has 1 unspecified atom stereocenters. The number of hydrogen-bond donors (Lipinski definition) is 4. The number of halogens is 1. The van der Waals surface area contributed by atoms with Crippen molar-refractivity contribution in [3.63, 3.8) is 0 Å². The average molecular weight is 243 g/mol. The zero-order valence-corrected chi connectivity index (χ0v) is 7.75. The zero-order valence-electron chi connectivity index (χ0n) is 6.17. The Bertz CT molecular complexity index is 150. The van der Waals surface area contributed by atoms with Gasteiger partial charge in [-0.1, -0.05) is 15.9 Å². The summed E-state index contributed by atoms with van der Waals surface area (Å²) in [5.74, 6) is 0. The van der Waals surface area contributed by atoms with Crippen molar-refractivity contribution in [1.29, 1.82) is 0 Å². The lowest BCUT2D eigenvalue weighted by Gasteiger charge is -2.37. The maximum atomic E-state index is 9.25. The second-order valence-electron chi connectivity index (χ2n) is 2.69. The lowest BCUT2D eigenvalue weighted by Crippen LogP contribution is -2.57. The van der Waals surface area contributed by atoms with Gasteiger partial charge in [-0.15, -0.1) is 0 Å². The van der Waals surface area contributed by atoms with Crippen molar-refractivity contribution in [2.75, 3.05) is 5.33 Å². The second kappa shape index (κ2) is 3.99. The van der Waals surface area contributed by atoms with E-state index in [0.29, 0.717) is 0 Å². The number of ether oxygens (including phenoxy) is 1. The molecule has 5 atom stereocenters. The van der Waals surface area contributed by atoms with Crippen molar-refractivity contribution in [2.45, 2.75) is 30.7 Å². The van der Waals surface area contributed by atoms with Crippen LogP contribution in [0.5, 0.6) is 0 Å². The van der Waals surface area contributed by atoms with Crippen LogP contribution in [-0.2, 0) is 4.74 Å². The topological polar surface area (TPSA) is 90.2 Å². The summed E-state index contributed by atoms with van der Waals surface area (Å²) in [5.41, 5.74) is 0. The zero-order chi connectivity index (χ0) is 9.30. The maximum absolute atomic E-state index is 9.25. The van der Waals surface area contributed by atoms with Crippen LogP contribution in [0.1, 0.15) is 0 Å². The van der Waals surface area contributed by atoms with E-state index in [1.807, 2.05) is 0 Å². The number of rotatable bonds is 1. The minimum Gasteiger partial charge on any atom is -0.388 e. The first-order valence-corrected chi connectivity index (χ1v) is 4.63. The Labute approximate surface area is 77.7 Å². The highest BCUT2D eigenvalue weighted by Gasteiger charge is 2.42. The quantitative estimate of drug-likeness (QED) is 0.407. The van der Waals surface area contributed by atoms with Crippen molar-refractivity contribution in [1.82, 2.24) is 0 Å². The molecule has 1 heterocycles. The Hall–Kier alpha value is 0.280. The third kappa shape index (κ3) is 1.78. The van der Waals surface area contributed by atoms with Crippen LogP contribution in [0.15, 0.2) is 0 Å². The summed E-state index contributed by atoms with van der Waals surface area (Å²) in [7, 11) is 0. The van der Waals surface area contributed by atoms with Gasteiger partial charge in [-0.25, -0.2) is 0 Å². The van der Waals surface area contributed by atoms with E-state index in [2.05, 4.69) is 15.9 Å². The molecule has 1 aliphatic rings. The van der Waals surface area contributed by atoms with Crippen molar-refractivity contribution >= 4 is 15.9 Å². The molecule has 1 saturated heterocycles. The standard InChI is InChI=1S/C6H11BrO5/c7-1-2-3(8)4(9)5(10)6(11)12-2/h2-6,8-11H,1H2/t2-,3+,4+,5-,6?/m0/s1. The summed E-state index contributed by atoms with van der Waals surface area (Å²) in [4.78, 5) is 0. The van der Waals surface area contributed by atoms with E-state index in [1.165, 1.54) is 0 Å². The lowest BCUT2D eigenvalue weighted by molar-refractivity contribution is -0.276. The minimum atomic E-state index is -1.45. The normalized spacial score (nSPS) is 49.2. The van der Waals surface area contributed by atoms with Crippen LogP contribution in [-0.4, -0.2) is 56.5 Å². The first kappa shape index (κ1) is 10.4. The fraction of sp³-hybridized carbons (Fsp3) is 1.00. The van der Waals surface area contributed by atoms with Crippen molar-refractivity contribution < 1.29 is 25.2 Å². The van der Waals surface area contributed by atoms with E-state index in [9.17, 15) is 5.11 Å². The van der Waals surface area contributed by atoms with E-state index in [-0.39, 0.29) is 5.33 Å². The molecule has 72 valence electrons. The van der Waals surface area contributed by atoms with Gasteiger partial charge < -0.3 is 25.2 Å². The largest absolute Gasteiger partial charge is 0.388 e. The van der Waals surface area contributed by atoms with Gasteiger partial charge in [0.25, 0.3) is 0 Å². The van der Waals surface area contributed by atoms with Gasteiger partial charge in [0.2, 0.25) is 0 Å². The van der Waals surface area contributed by atoms with Gasteiger partial charge in [0.1, 0.15) is 18.3 Å². The molecule has 0 aliphatic carbocycles. The van der Waals surface area contributed by atoms with Gasteiger partial charge >= 0.3 is 0 Å². The Morgan fingerprint density at radius 3 is 2.08 bits per heavy atom. The molecule has 0 aromatic heterocycles. The third-order valence-corrected chi connectivity index (χ3v) is 2.48. The van der Waals surface area contributed by atoms with Crippen molar-refractivity contribution in [3.8, 4) is 0 Å². The Balaban J connectivity index is 2.63. The third-order valence-electron chi connectivity index (χ3n) is 1.84. The van der Waals surface area contributed by atoms with Crippen LogP contribution >= 0.6 is 15.9 Å². The van der Waals surface area contributed by atoms with Crippen LogP contribution in [0.3, 0.4) is 0 Å². The van der Waals surface area contributed by atoms with Crippen LogP contribution in [0.4, 0.5) is 0 Å². The number of aliphatic hydroxyl groups excluding tert-OH is 4.